The first kappa shape index (κ1) is 17.8. The summed E-state index contributed by atoms with van der Waals surface area (Å²) in [5.74, 6) is 0.0376. The molecule has 1 amide bonds. The van der Waals surface area contributed by atoms with Gasteiger partial charge in [-0.05, 0) is 30.9 Å². The molecule has 4 rings (SSSR count). The molecule has 6 heteroatoms. The standard InChI is InChI=1S/C21H22N4OS/c1-15(16-8-4-2-5-9-16)25-14-22-24-21(25)27-19(17-10-6-3-7-11-17)20(26)23-18-12-13-18/h2-11,14-15,18-19H,12-13H2,1H3,(H,23,26). The molecule has 1 aliphatic carbocycles. The van der Waals surface area contributed by atoms with E-state index in [9.17, 15) is 4.79 Å². The van der Waals surface area contributed by atoms with Crippen LogP contribution in [0.3, 0.4) is 0 Å². The lowest BCUT2D eigenvalue weighted by molar-refractivity contribution is -0.120. The molecule has 0 radical (unpaired) electrons. The molecule has 0 spiro atoms. The summed E-state index contributed by atoms with van der Waals surface area (Å²) in [6, 6.07) is 20.5. The maximum Gasteiger partial charge on any atom is 0.238 e. The Kier molecular flexibility index (Phi) is 5.25. The Morgan fingerprint density at radius 1 is 1.07 bits per heavy atom. The van der Waals surface area contributed by atoms with Gasteiger partial charge < -0.3 is 9.88 Å². The predicted molar refractivity (Wildman–Crippen MR) is 106 cm³/mol. The molecule has 1 heterocycles. The van der Waals surface area contributed by atoms with E-state index < -0.39 is 0 Å². The van der Waals surface area contributed by atoms with Crippen LogP contribution in [-0.4, -0.2) is 26.7 Å². The van der Waals surface area contributed by atoms with Crippen LogP contribution in [0.2, 0.25) is 0 Å². The quantitative estimate of drug-likeness (QED) is 0.631. The second kappa shape index (κ2) is 7.96. The summed E-state index contributed by atoms with van der Waals surface area (Å²) in [6.45, 7) is 2.12. The number of aromatic nitrogens is 3. The molecule has 1 fully saturated rings. The summed E-state index contributed by atoms with van der Waals surface area (Å²) >= 11 is 1.45. The van der Waals surface area contributed by atoms with Crippen LogP contribution in [0.1, 0.15) is 42.2 Å². The van der Waals surface area contributed by atoms with E-state index in [0.29, 0.717) is 6.04 Å². The minimum absolute atomic E-state index is 0.0376. The molecule has 0 aliphatic heterocycles. The zero-order chi connectivity index (χ0) is 18.6. The number of hydrogen-bond donors (Lipinski definition) is 1. The van der Waals surface area contributed by atoms with Crippen molar-refractivity contribution in [3.63, 3.8) is 0 Å². The molecular weight excluding hydrogens is 356 g/mol. The van der Waals surface area contributed by atoms with Crippen LogP contribution >= 0.6 is 11.8 Å². The third-order valence-electron chi connectivity index (χ3n) is 4.73. The molecule has 0 saturated heterocycles. The summed E-state index contributed by atoms with van der Waals surface area (Å²) in [5.41, 5.74) is 2.15. The van der Waals surface area contributed by atoms with E-state index in [2.05, 4.69) is 34.6 Å². The van der Waals surface area contributed by atoms with Crippen LogP contribution in [0.15, 0.2) is 72.1 Å². The zero-order valence-electron chi connectivity index (χ0n) is 15.2. The molecule has 138 valence electrons. The number of nitrogens with one attached hydrogen (secondary N) is 1. The van der Waals surface area contributed by atoms with E-state index in [1.54, 1.807) is 6.33 Å². The van der Waals surface area contributed by atoms with Gasteiger partial charge in [-0.2, -0.15) is 0 Å². The maximum absolute atomic E-state index is 12.9. The fourth-order valence-corrected chi connectivity index (χ4v) is 4.09. The predicted octanol–water partition coefficient (Wildman–Crippen LogP) is 4.00. The molecule has 2 atom stereocenters. The second-order valence-corrected chi connectivity index (χ2v) is 7.87. The number of carbonyl (C=O) groups is 1. The number of carbonyl (C=O) groups excluding carboxylic acids is 1. The Balaban J connectivity index is 1.60. The van der Waals surface area contributed by atoms with Crippen molar-refractivity contribution >= 4 is 17.7 Å². The smallest absolute Gasteiger partial charge is 0.238 e. The lowest BCUT2D eigenvalue weighted by Gasteiger charge is -2.19. The van der Waals surface area contributed by atoms with Gasteiger partial charge in [0.05, 0.1) is 6.04 Å². The lowest BCUT2D eigenvalue weighted by atomic mass is 10.1. The molecule has 5 nitrogen and oxygen atoms in total. The minimum Gasteiger partial charge on any atom is -0.352 e. The molecule has 1 aliphatic rings. The highest BCUT2D eigenvalue weighted by atomic mass is 32.2. The van der Waals surface area contributed by atoms with Crippen molar-refractivity contribution < 1.29 is 4.79 Å². The molecule has 1 saturated carbocycles. The van der Waals surface area contributed by atoms with Gasteiger partial charge in [0.15, 0.2) is 5.16 Å². The van der Waals surface area contributed by atoms with Crippen LogP contribution in [-0.2, 0) is 4.79 Å². The molecule has 1 N–H and O–H groups in total. The number of amides is 1. The summed E-state index contributed by atoms with van der Waals surface area (Å²) in [4.78, 5) is 12.9. The number of benzene rings is 2. The molecular formula is C21H22N4OS. The van der Waals surface area contributed by atoms with Gasteiger partial charge in [-0.15, -0.1) is 10.2 Å². The minimum atomic E-state index is -0.349. The second-order valence-electron chi connectivity index (χ2n) is 6.80. The van der Waals surface area contributed by atoms with Crippen LogP contribution in [0.4, 0.5) is 0 Å². The van der Waals surface area contributed by atoms with Crippen molar-refractivity contribution in [3.05, 3.63) is 78.1 Å². The molecule has 3 aromatic rings. The molecule has 0 bridgehead atoms. The normalized spacial score (nSPS) is 15.9. The van der Waals surface area contributed by atoms with Gasteiger partial charge in [-0.3, -0.25) is 4.79 Å². The van der Waals surface area contributed by atoms with Crippen molar-refractivity contribution in [1.82, 2.24) is 20.1 Å². The number of rotatable bonds is 7. The van der Waals surface area contributed by atoms with Crippen molar-refractivity contribution in [2.45, 2.75) is 42.3 Å². The van der Waals surface area contributed by atoms with Crippen LogP contribution in [0, 0.1) is 0 Å². The van der Waals surface area contributed by atoms with E-state index >= 15 is 0 Å². The molecule has 1 aromatic heterocycles. The van der Waals surface area contributed by atoms with E-state index in [4.69, 9.17) is 0 Å². The summed E-state index contributed by atoms with van der Waals surface area (Å²) in [6.07, 6.45) is 3.87. The van der Waals surface area contributed by atoms with Gasteiger partial charge in [0, 0.05) is 6.04 Å². The van der Waals surface area contributed by atoms with Crippen LogP contribution < -0.4 is 5.32 Å². The summed E-state index contributed by atoms with van der Waals surface area (Å²) in [5, 5.41) is 11.9. The number of hydrogen-bond acceptors (Lipinski definition) is 4. The topological polar surface area (TPSA) is 59.8 Å². The van der Waals surface area contributed by atoms with Crippen molar-refractivity contribution in [2.24, 2.45) is 0 Å². The Morgan fingerprint density at radius 3 is 2.33 bits per heavy atom. The van der Waals surface area contributed by atoms with Gasteiger partial charge in [0.2, 0.25) is 5.91 Å². The third kappa shape index (κ3) is 4.22. The summed E-state index contributed by atoms with van der Waals surface area (Å²) in [7, 11) is 0. The fourth-order valence-electron chi connectivity index (χ4n) is 2.98. The fraction of sp³-hybridized carbons (Fsp3) is 0.286. The van der Waals surface area contributed by atoms with E-state index in [1.807, 2.05) is 53.1 Å². The van der Waals surface area contributed by atoms with Gasteiger partial charge >= 0.3 is 0 Å². The average Bonchev–Trinajstić information content (AvgIpc) is 3.40. The zero-order valence-corrected chi connectivity index (χ0v) is 16.0. The van der Waals surface area contributed by atoms with Crippen LogP contribution in [0.5, 0.6) is 0 Å². The first-order valence-corrected chi connectivity index (χ1v) is 10.1. The molecule has 27 heavy (non-hydrogen) atoms. The largest absolute Gasteiger partial charge is 0.352 e. The van der Waals surface area contributed by atoms with E-state index in [1.165, 1.54) is 17.3 Å². The third-order valence-corrected chi connectivity index (χ3v) is 5.95. The first-order chi connectivity index (χ1) is 13.2. The Bertz CT molecular complexity index is 893. The molecule has 2 unspecified atom stereocenters. The summed E-state index contributed by atoms with van der Waals surface area (Å²) < 4.78 is 2.03. The SMILES string of the molecule is CC(c1ccccc1)n1cnnc1SC(C(=O)NC1CC1)c1ccccc1. The van der Waals surface area contributed by atoms with Gasteiger partial charge in [-0.1, -0.05) is 72.4 Å². The van der Waals surface area contributed by atoms with Crippen LogP contribution in [0.25, 0.3) is 0 Å². The van der Waals surface area contributed by atoms with Gasteiger partial charge in [-0.25, -0.2) is 0 Å². The lowest BCUT2D eigenvalue weighted by Crippen LogP contribution is -2.30. The van der Waals surface area contributed by atoms with Crippen molar-refractivity contribution in [2.75, 3.05) is 0 Å². The Hall–Kier alpha value is -2.60. The van der Waals surface area contributed by atoms with Crippen molar-refractivity contribution in [3.8, 4) is 0 Å². The number of thioether (sulfide) groups is 1. The van der Waals surface area contributed by atoms with Gasteiger partial charge in [0.1, 0.15) is 11.6 Å². The van der Waals surface area contributed by atoms with E-state index in [-0.39, 0.29) is 17.2 Å². The highest BCUT2D eigenvalue weighted by molar-refractivity contribution is 8.00. The maximum atomic E-state index is 12.9. The highest BCUT2D eigenvalue weighted by Gasteiger charge is 2.30. The Morgan fingerprint density at radius 2 is 1.70 bits per heavy atom. The van der Waals surface area contributed by atoms with Crippen molar-refractivity contribution in [1.29, 1.82) is 0 Å². The first-order valence-electron chi connectivity index (χ1n) is 9.19. The van der Waals surface area contributed by atoms with Gasteiger partial charge in [0.25, 0.3) is 0 Å². The monoisotopic (exact) mass is 378 g/mol. The average molecular weight is 379 g/mol. The Labute approximate surface area is 163 Å². The highest BCUT2D eigenvalue weighted by Crippen LogP contribution is 2.36. The van der Waals surface area contributed by atoms with E-state index in [0.717, 1.165) is 23.6 Å². The number of nitrogens with zero attached hydrogens (tertiary/aromatic N) is 3. The molecule has 2 aromatic carbocycles.